The molecule has 0 saturated heterocycles. The van der Waals surface area contributed by atoms with Crippen molar-refractivity contribution >= 4 is 45.0 Å². The Morgan fingerprint density at radius 1 is 1.18 bits per heavy atom. The van der Waals surface area contributed by atoms with Gasteiger partial charge in [0.05, 0.1) is 11.6 Å². The Morgan fingerprint density at radius 2 is 2.03 bits per heavy atom. The number of carbonyl (C=O) groups is 1. The molecular formula is C27H28ClN4O. The van der Waals surface area contributed by atoms with Crippen LogP contribution in [0, 0.1) is 6.92 Å². The number of amides is 1. The molecule has 6 heteroatoms. The highest BCUT2D eigenvalue weighted by molar-refractivity contribution is 6.31. The van der Waals surface area contributed by atoms with Gasteiger partial charge in [0.2, 0.25) is 5.91 Å². The van der Waals surface area contributed by atoms with E-state index in [9.17, 15) is 4.79 Å². The van der Waals surface area contributed by atoms with Crippen LogP contribution in [-0.2, 0) is 24.1 Å². The number of hydrogen-bond acceptors (Lipinski definition) is 3. The van der Waals surface area contributed by atoms with Crippen molar-refractivity contribution in [1.29, 1.82) is 0 Å². The van der Waals surface area contributed by atoms with E-state index in [-0.39, 0.29) is 11.9 Å². The van der Waals surface area contributed by atoms with Crippen molar-refractivity contribution in [3.63, 3.8) is 0 Å². The largest absolute Gasteiger partial charge is 0.377 e. The Morgan fingerprint density at radius 3 is 2.88 bits per heavy atom. The Balaban J connectivity index is 1.49. The summed E-state index contributed by atoms with van der Waals surface area (Å²) in [7, 11) is 0. The number of halogens is 1. The van der Waals surface area contributed by atoms with Gasteiger partial charge in [0.1, 0.15) is 0 Å². The third kappa shape index (κ3) is 4.42. The zero-order chi connectivity index (χ0) is 22.9. The number of rotatable bonds is 6. The SMILES string of the molecule is [CH2]C(Nc1c2c(nc3ccc(Cl)cc13)CCCC2)c1ccc2[nH]cc(CCNC(C)=O)c2c1. The smallest absolute Gasteiger partial charge is 0.216 e. The van der Waals surface area contributed by atoms with Gasteiger partial charge in [-0.25, -0.2) is 0 Å². The van der Waals surface area contributed by atoms with Gasteiger partial charge < -0.3 is 15.6 Å². The molecule has 0 aliphatic heterocycles. The van der Waals surface area contributed by atoms with Crippen LogP contribution in [0.4, 0.5) is 5.69 Å². The molecule has 1 aliphatic rings. The van der Waals surface area contributed by atoms with Crippen LogP contribution in [-0.4, -0.2) is 22.4 Å². The number of carbonyl (C=O) groups excluding carboxylic acids is 1. The molecule has 1 amide bonds. The van der Waals surface area contributed by atoms with Crippen LogP contribution in [0.15, 0.2) is 42.6 Å². The zero-order valence-electron chi connectivity index (χ0n) is 18.8. The average molecular weight is 460 g/mol. The molecule has 1 atom stereocenters. The Kier molecular flexibility index (Phi) is 5.98. The van der Waals surface area contributed by atoms with Gasteiger partial charge in [0.15, 0.2) is 0 Å². The summed E-state index contributed by atoms with van der Waals surface area (Å²) in [5, 5.41) is 9.51. The van der Waals surface area contributed by atoms with E-state index in [2.05, 4.69) is 40.7 Å². The summed E-state index contributed by atoms with van der Waals surface area (Å²) in [6.07, 6.45) is 7.18. The van der Waals surface area contributed by atoms with E-state index < -0.39 is 0 Å². The van der Waals surface area contributed by atoms with Crippen LogP contribution in [0.1, 0.15) is 48.2 Å². The summed E-state index contributed by atoms with van der Waals surface area (Å²) in [5.41, 5.74) is 7.94. The predicted octanol–water partition coefficient (Wildman–Crippen LogP) is 5.91. The van der Waals surface area contributed by atoms with E-state index in [1.807, 2.05) is 24.4 Å². The lowest BCUT2D eigenvalue weighted by Crippen LogP contribution is -2.22. The van der Waals surface area contributed by atoms with Crippen LogP contribution in [0.25, 0.3) is 21.8 Å². The van der Waals surface area contributed by atoms with Gasteiger partial charge in [-0.3, -0.25) is 9.78 Å². The Hall–Kier alpha value is -3.05. The summed E-state index contributed by atoms with van der Waals surface area (Å²) >= 11 is 6.36. The van der Waals surface area contributed by atoms with Gasteiger partial charge in [0.25, 0.3) is 0 Å². The second kappa shape index (κ2) is 9.06. The van der Waals surface area contributed by atoms with Crippen molar-refractivity contribution in [2.75, 3.05) is 11.9 Å². The number of pyridine rings is 1. The highest BCUT2D eigenvalue weighted by Gasteiger charge is 2.20. The molecule has 1 aliphatic carbocycles. The maximum absolute atomic E-state index is 11.2. The highest BCUT2D eigenvalue weighted by atomic mass is 35.5. The number of aromatic amines is 1. The first-order valence-electron chi connectivity index (χ1n) is 11.5. The Bertz CT molecular complexity index is 1340. The van der Waals surface area contributed by atoms with E-state index in [0.29, 0.717) is 11.6 Å². The van der Waals surface area contributed by atoms with E-state index in [4.69, 9.17) is 16.6 Å². The fraction of sp³-hybridized carbons (Fsp3) is 0.296. The molecule has 33 heavy (non-hydrogen) atoms. The van der Waals surface area contributed by atoms with Gasteiger partial charge in [0, 0.05) is 52.4 Å². The molecule has 4 aromatic rings. The standard InChI is InChI=1S/C27H28ClN4O/c1-16(18-7-9-24-22(13-18)19(15-30-24)11-12-29-17(2)33)31-27-21-5-3-4-6-25(21)32-26-10-8-20(28)14-23(26)27/h7-10,13-16,30H,1,3-6,11-12H2,2H3,(H,29,33)(H,31,32). The molecule has 1 unspecified atom stereocenters. The highest BCUT2D eigenvalue weighted by Crippen LogP contribution is 2.37. The molecule has 2 heterocycles. The fourth-order valence-electron chi connectivity index (χ4n) is 4.81. The first-order chi connectivity index (χ1) is 16.0. The summed E-state index contributed by atoms with van der Waals surface area (Å²) < 4.78 is 0. The van der Waals surface area contributed by atoms with Crippen molar-refractivity contribution in [2.45, 2.75) is 45.1 Å². The lowest BCUT2D eigenvalue weighted by Gasteiger charge is -2.25. The van der Waals surface area contributed by atoms with Crippen molar-refractivity contribution in [3.8, 4) is 0 Å². The van der Waals surface area contributed by atoms with Crippen LogP contribution in [0.3, 0.4) is 0 Å². The normalized spacial score (nSPS) is 14.3. The zero-order valence-corrected chi connectivity index (χ0v) is 19.6. The molecule has 2 aromatic carbocycles. The van der Waals surface area contributed by atoms with Gasteiger partial charge in [-0.15, -0.1) is 0 Å². The van der Waals surface area contributed by atoms with Crippen molar-refractivity contribution in [2.24, 2.45) is 0 Å². The van der Waals surface area contributed by atoms with Crippen LogP contribution >= 0.6 is 11.6 Å². The number of nitrogens with one attached hydrogen (secondary N) is 3. The molecule has 169 valence electrons. The van der Waals surface area contributed by atoms with Crippen LogP contribution in [0.5, 0.6) is 0 Å². The third-order valence-corrected chi connectivity index (χ3v) is 6.74. The number of aryl methyl sites for hydroxylation is 1. The molecule has 0 spiro atoms. The van der Waals surface area contributed by atoms with Crippen LogP contribution < -0.4 is 10.6 Å². The summed E-state index contributed by atoms with van der Waals surface area (Å²) in [5.74, 6) is -0.00874. The molecular weight excluding hydrogens is 432 g/mol. The maximum atomic E-state index is 11.2. The second-order valence-electron chi connectivity index (χ2n) is 8.83. The van der Waals surface area contributed by atoms with Gasteiger partial charge >= 0.3 is 0 Å². The summed E-state index contributed by atoms with van der Waals surface area (Å²) in [4.78, 5) is 19.5. The first-order valence-corrected chi connectivity index (χ1v) is 11.9. The molecule has 0 saturated carbocycles. The van der Waals surface area contributed by atoms with Gasteiger partial charge in [-0.05, 0) is 86.1 Å². The average Bonchev–Trinajstić information content (AvgIpc) is 3.21. The van der Waals surface area contributed by atoms with Crippen molar-refractivity contribution in [1.82, 2.24) is 15.3 Å². The van der Waals surface area contributed by atoms with Crippen LogP contribution in [0.2, 0.25) is 5.02 Å². The molecule has 5 nitrogen and oxygen atoms in total. The minimum atomic E-state index is -0.136. The monoisotopic (exact) mass is 459 g/mol. The molecule has 0 fully saturated rings. The lowest BCUT2D eigenvalue weighted by atomic mass is 9.92. The number of H-pyrrole nitrogens is 1. The topological polar surface area (TPSA) is 69.8 Å². The summed E-state index contributed by atoms with van der Waals surface area (Å²) in [6, 6.07) is 12.2. The first kappa shape index (κ1) is 21.8. The van der Waals surface area contributed by atoms with E-state index >= 15 is 0 Å². The number of nitrogens with zero attached hydrogens (tertiary/aromatic N) is 1. The predicted molar refractivity (Wildman–Crippen MR) is 136 cm³/mol. The van der Waals surface area contributed by atoms with Crippen molar-refractivity contribution < 1.29 is 4.79 Å². The molecule has 2 aromatic heterocycles. The number of hydrogen-bond donors (Lipinski definition) is 3. The molecule has 3 N–H and O–H groups in total. The molecule has 0 bridgehead atoms. The van der Waals surface area contributed by atoms with E-state index in [0.717, 1.165) is 52.3 Å². The minimum Gasteiger partial charge on any atom is -0.377 e. The van der Waals surface area contributed by atoms with E-state index in [1.54, 1.807) is 6.92 Å². The lowest BCUT2D eigenvalue weighted by molar-refractivity contribution is -0.118. The Labute approximate surface area is 198 Å². The molecule has 1 radical (unpaired) electrons. The van der Waals surface area contributed by atoms with Gasteiger partial charge in [-0.2, -0.15) is 0 Å². The quantitative estimate of drug-likeness (QED) is 0.335. The third-order valence-electron chi connectivity index (χ3n) is 6.50. The number of aromatic nitrogens is 2. The molecule has 5 rings (SSSR count). The maximum Gasteiger partial charge on any atom is 0.216 e. The second-order valence-corrected chi connectivity index (χ2v) is 9.27. The minimum absolute atomic E-state index is 0.00874. The fourth-order valence-corrected chi connectivity index (χ4v) is 4.98. The van der Waals surface area contributed by atoms with Crippen molar-refractivity contribution in [3.05, 3.63) is 76.9 Å². The van der Waals surface area contributed by atoms with Gasteiger partial charge in [-0.1, -0.05) is 17.7 Å². The number of fused-ring (bicyclic) bond motifs is 3. The summed E-state index contributed by atoms with van der Waals surface area (Å²) in [6.45, 7) is 6.62. The van der Waals surface area contributed by atoms with E-state index in [1.165, 1.54) is 29.7 Å². The number of benzene rings is 2. The number of anilines is 1.